The zero-order chi connectivity index (χ0) is 12.1. The van der Waals surface area contributed by atoms with Crippen LogP contribution in [0.15, 0.2) is 18.2 Å². The summed E-state index contributed by atoms with van der Waals surface area (Å²) in [6.07, 6.45) is 0.764. The zero-order valence-corrected chi connectivity index (χ0v) is 10.3. The summed E-state index contributed by atoms with van der Waals surface area (Å²) in [4.78, 5) is 12.2. The molecule has 0 saturated carbocycles. The van der Waals surface area contributed by atoms with Crippen LogP contribution in [0.3, 0.4) is 0 Å². The lowest BCUT2D eigenvalue weighted by Crippen LogP contribution is -2.11. The van der Waals surface area contributed by atoms with Gasteiger partial charge in [-0.3, -0.25) is 4.79 Å². The summed E-state index contributed by atoms with van der Waals surface area (Å²) in [5.74, 6) is 0.604. The average Bonchev–Trinajstić information content (AvgIpc) is 2.25. The number of thiocarbonyl (C=S) groups is 1. The van der Waals surface area contributed by atoms with Gasteiger partial charge >= 0.3 is 0 Å². The Morgan fingerprint density at radius 2 is 2.12 bits per heavy atom. The third-order valence-electron chi connectivity index (χ3n) is 2.25. The number of aryl methyl sites for hydroxylation is 1. The largest absolute Gasteiger partial charge is 0.496 e. The van der Waals surface area contributed by atoms with Crippen molar-refractivity contribution in [2.45, 2.75) is 19.8 Å². The highest BCUT2D eigenvalue weighted by Gasteiger charge is 2.12. The maximum atomic E-state index is 11.9. The van der Waals surface area contributed by atoms with Gasteiger partial charge in [0.2, 0.25) is 0 Å². The minimum Gasteiger partial charge on any atom is -0.496 e. The maximum absolute atomic E-state index is 11.9. The highest BCUT2D eigenvalue weighted by Crippen LogP contribution is 2.21. The number of hydrogen-bond donors (Lipinski definition) is 1. The Labute approximate surface area is 101 Å². The first-order chi connectivity index (χ1) is 7.54. The molecule has 0 amide bonds. The fourth-order valence-electron chi connectivity index (χ4n) is 1.41. The van der Waals surface area contributed by atoms with Gasteiger partial charge in [-0.1, -0.05) is 23.8 Å². The highest BCUT2D eigenvalue weighted by molar-refractivity contribution is 7.80. The van der Waals surface area contributed by atoms with E-state index < -0.39 is 0 Å². The highest BCUT2D eigenvalue weighted by atomic mass is 32.1. The number of benzene rings is 1. The summed E-state index contributed by atoms with van der Waals surface area (Å²) in [6.45, 7) is 1.93. The second-order valence-corrected chi connectivity index (χ2v) is 4.12. The van der Waals surface area contributed by atoms with Crippen LogP contribution >= 0.6 is 12.2 Å². The predicted octanol–water partition coefficient (Wildman–Crippen LogP) is 2.25. The molecule has 0 heterocycles. The molecule has 3 nitrogen and oxygen atoms in total. The van der Waals surface area contributed by atoms with Crippen LogP contribution in [0.2, 0.25) is 0 Å². The number of Topliss-reactive ketones (excluding diaryl/α,β-unsaturated/α-hetero) is 1. The third-order valence-corrected chi connectivity index (χ3v) is 2.46. The number of rotatable bonds is 5. The fraction of sp³-hybridized carbons (Fsp3) is 0.333. The van der Waals surface area contributed by atoms with E-state index in [4.69, 9.17) is 22.7 Å². The van der Waals surface area contributed by atoms with Gasteiger partial charge in [-0.15, -0.1) is 0 Å². The molecule has 1 aromatic rings. The molecule has 0 spiro atoms. The van der Waals surface area contributed by atoms with Crippen molar-refractivity contribution in [3.8, 4) is 5.75 Å². The number of carbonyl (C=O) groups is 1. The predicted molar refractivity (Wildman–Crippen MR) is 68.1 cm³/mol. The summed E-state index contributed by atoms with van der Waals surface area (Å²) in [5, 5.41) is 0. The lowest BCUT2D eigenvalue weighted by Gasteiger charge is -2.08. The topological polar surface area (TPSA) is 52.3 Å². The molecule has 0 unspecified atom stereocenters. The van der Waals surface area contributed by atoms with E-state index >= 15 is 0 Å². The summed E-state index contributed by atoms with van der Waals surface area (Å²) in [5.41, 5.74) is 6.99. The Kier molecular flexibility index (Phi) is 4.43. The van der Waals surface area contributed by atoms with E-state index in [1.165, 1.54) is 0 Å². The van der Waals surface area contributed by atoms with Crippen LogP contribution in [0.1, 0.15) is 28.8 Å². The van der Waals surface area contributed by atoms with Crippen LogP contribution in [0, 0.1) is 6.92 Å². The Bertz CT molecular complexity index is 415. The molecule has 0 radical (unpaired) electrons. The molecule has 0 aromatic heterocycles. The van der Waals surface area contributed by atoms with Crippen molar-refractivity contribution in [3.63, 3.8) is 0 Å². The summed E-state index contributed by atoms with van der Waals surface area (Å²) >= 11 is 4.75. The minimum absolute atomic E-state index is 0.00773. The Balaban J connectivity index is 2.88. The molecular weight excluding hydrogens is 222 g/mol. The Hall–Kier alpha value is -1.42. The van der Waals surface area contributed by atoms with E-state index in [0.717, 1.165) is 5.56 Å². The number of carbonyl (C=O) groups excluding carboxylic acids is 1. The second-order valence-electron chi connectivity index (χ2n) is 3.59. The smallest absolute Gasteiger partial charge is 0.167 e. The molecule has 0 saturated heterocycles. The SMILES string of the molecule is COc1ccc(C)cc1C(=O)CCC(N)=S. The molecule has 0 bridgehead atoms. The van der Waals surface area contributed by atoms with E-state index in [1.807, 2.05) is 19.1 Å². The van der Waals surface area contributed by atoms with Crippen molar-refractivity contribution < 1.29 is 9.53 Å². The van der Waals surface area contributed by atoms with Crippen LogP contribution in [-0.4, -0.2) is 17.9 Å². The lowest BCUT2D eigenvalue weighted by molar-refractivity contribution is 0.0982. The van der Waals surface area contributed by atoms with Crippen LogP contribution < -0.4 is 10.5 Å². The quantitative estimate of drug-likeness (QED) is 0.630. The van der Waals surface area contributed by atoms with E-state index in [1.54, 1.807) is 13.2 Å². The van der Waals surface area contributed by atoms with Crippen LogP contribution in [0.5, 0.6) is 5.75 Å². The van der Waals surface area contributed by atoms with Gasteiger partial charge < -0.3 is 10.5 Å². The maximum Gasteiger partial charge on any atom is 0.167 e. The van der Waals surface area contributed by atoms with Gasteiger partial charge in [0.25, 0.3) is 0 Å². The van der Waals surface area contributed by atoms with Crippen molar-refractivity contribution in [1.82, 2.24) is 0 Å². The minimum atomic E-state index is 0.00773. The molecule has 0 atom stereocenters. The summed E-state index contributed by atoms with van der Waals surface area (Å²) < 4.78 is 5.14. The summed E-state index contributed by atoms with van der Waals surface area (Å²) in [7, 11) is 1.55. The molecule has 1 rings (SSSR count). The van der Waals surface area contributed by atoms with E-state index in [-0.39, 0.29) is 5.78 Å². The third kappa shape index (κ3) is 3.31. The van der Waals surface area contributed by atoms with Gasteiger partial charge in [0.05, 0.1) is 17.7 Å². The number of hydrogen-bond acceptors (Lipinski definition) is 3. The normalized spacial score (nSPS) is 9.88. The number of nitrogens with two attached hydrogens (primary N) is 1. The molecule has 0 aliphatic carbocycles. The second kappa shape index (κ2) is 5.61. The van der Waals surface area contributed by atoms with Gasteiger partial charge in [0, 0.05) is 12.8 Å². The van der Waals surface area contributed by atoms with E-state index in [9.17, 15) is 4.79 Å². The zero-order valence-electron chi connectivity index (χ0n) is 9.45. The summed E-state index contributed by atoms with van der Waals surface area (Å²) in [6, 6.07) is 5.52. The molecule has 0 fully saturated rings. The average molecular weight is 237 g/mol. The number of ketones is 1. The van der Waals surface area contributed by atoms with Crippen molar-refractivity contribution >= 4 is 23.0 Å². The monoisotopic (exact) mass is 237 g/mol. The van der Waals surface area contributed by atoms with Gasteiger partial charge in [-0.05, 0) is 19.1 Å². The van der Waals surface area contributed by atoms with Crippen molar-refractivity contribution in [2.24, 2.45) is 5.73 Å². The molecular formula is C12H15NO2S. The van der Waals surface area contributed by atoms with Crippen molar-refractivity contribution in [3.05, 3.63) is 29.3 Å². The van der Waals surface area contributed by atoms with Crippen LogP contribution in [-0.2, 0) is 0 Å². The first-order valence-electron chi connectivity index (χ1n) is 5.00. The van der Waals surface area contributed by atoms with Crippen LogP contribution in [0.4, 0.5) is 0 Å². The molecule has 1 aromatic carbocycles. The molecule has 0 aliphatic heterocycles. The van der Waals surface area contributed by atoms with Gasteiger partial charge in [0.1, 0.15) is 5.75 Å². The Morgan fingerprint density at radius 1 is 1.44 bits per heavy atom. The first kappa shape index (κ1) is 12.6. The van der Waals surface area contributed by atoms with Crippen molar-refractivity contribution in [1.29, 1.82) is 0 Å². The van der Waals surface area contributed by atoms with Gasteiger partial charge in [-0.25, -0.2) is 0 Å². The van der Waals surface area contributed by atoms with E-state index in [2.05, 4.69) is 0 Å². The standard InChI is InChI=1S/C12H15NO2S/c1-8-3-5-11(15-2)9(7-8)10(14)4-6-12(13)16/h3,5,7H,4,6H2,1-2H3,(H2,13,16). The van der Waals surface area contributed by atoms with Crippen molar-refractivity contribution in [2.75, 3.05) is 7.11 Å². The molecule has 16 heavy (non-hydrogen) atoms. The lowest BCUT2D eigenvalue weighted by atomic mass is 10.0. The number of ether oxygens (including phenoxy) is 1. The van der Waals surface area contributed by atoms with Gasteiger partial charge in [0.15, 0.2) is 5.78 Å². The first-order valence-corrected chi connectivity index (χ1v) is 5.41. The molecule has 2 N–H and O–H groups in total. The van der Waals surface area contributed by atoms with Gasteiger partial charge in [-0.2, -0.15) is 0 Å². The number of methoxy groups -OCH3 is 1. The molecule has 0 aliphatic rings. The van der Waals surface area contributed by atoms with E-state index in [0.29, 0.717) is 29.1 Å². The fourth-order valence-corrected chi connectivity index (χ4v) is 1.51. The molecule has 4 heteroatoms. The van der Waals surface area contributed by atoms with Crippen LogP contribution in [0.25, 0.3) is 0 Å². The molecule has 86 valence electrons. The Morgan fingerprint density at radius 3 is 2.69 bits per heavy atom.